The zero-order chi connectivity index (χ0) is 25.1. The molecular formula is C25H25F3O5S. The first kappa shape index (κ1) is 25.5. The second kappa shape index (κ2) is 9.99. The van der Waals surface area contributed by atoms with E-state index in [1.807, 2.05) is 6.92 Å². The molecule has 0 radical (unpaired) electrons. The van der Waals surface area contributed by atoms with Crippen molar-refractivity contribution in [1.29, 1.82) is 0 Å². The van der Waals surface area contributed by atoms with E-state index in [-0.39, 0.29) is 6.61 Å². The van der Waals surface area contributed by atoms with Gasteiger partial charge in [-0.15, -0.1) is 0 Å². The molecule has 9 heteroatoms. The Kier molecular flexibility index (Phi) is 7.48. The van der Waals surface area contributed by atoms with E-state index in [9.17, 15) is 22.5 Å². The molecule has 1 atom stereocenters. The molecule has 3 rings (SSSR count). The molecule has 0 saturated carbocycles. The van der Waals surface area contributed by atoms with Crippen molar-refractivity contribution in [1.82, 2.24) is 0 Å². The number of rotatable bonds is 8. The number of carbonyl (C=O) groups is 1. The van der Waals surface area contributed by atoms with Crippen LogP contribution in [0.4, 0.5) is 13.2 Å². The molecule has 5 nitrogen and oxygen atoms in total. The maximum Gasteiger partial charge on any atom is 0.416 e. The predicted molar refractivity (Wildman–Crippen MR) is 124 cm³/mol. The third kappa shape index (κ3) is 6.03. The van der Waals surface area contributed by atoms with Gasteiger partial charge in [0.1, 0.15) is 18.1 Å². The summed E-state index contributed by atoms with van der Waals surface area (Å²) in [5.74, 6) is -0.104. The van der Waals surface area contributed by atoms with Crippen molar-refractivity contribution in [2.45, 2.75) is 36.4 Å². The minimum Gasteiger partial charge on any atom is -0.489 e. The van der Waals surface area contributed by atoms with Crippen LogP contribution in [0.5, 0.6) is 11.5 Å². The van der Waals surface area contributed by atoms with E-state index < -0.39 is 34.6 Å². The van der Waals surface area contributed by atoms with Crippen molar-refractivity contribution in [3.63, 3.8) is 0 Å². The zero-order valence-corrected chi connectivity index (χ0v) is 19.7. The molecule has 3 aromatic rings. The summed E-state index contributed by atoms with van der Waals surface area (Å²) in [6.07, 6.45) is -2.64. The van der Waals surface area contributed by atoms with Gasteiger partial charge in [0.25, 0.3) is 0 Å². The largest absolute Gasteiger partial charge is 0.489 e. The van der Waals surface area contributed by atoms with Gasteiger partial charge in [0, 0.05) is 9.79 Å². The molecule has 3 aromatic carbocycles. The monoisotopic (exact) mass is 494 g/mol. The van der Waals surface area contributed by atoms with Gasteiger partial charge < -0.3 is 19.1 Å². The number of aryl methyl sites for hydroxylation is 2. The first-order valence-electron chi connectivity index (χ1n) is 10.2. The van der Waals surface area contributed by atoms with E-state index in [2.05, 4.69) is 0 Å². The van der Waals surface area contributed by atoms with Crippen molar-refractivity contribution in [3.05, 3.63) is 82.9 Å². The van der Waals surface area contributed by atoms with Gasteiger partial charge in [-0.3, -0.25) is 0 Å². The van der Waals surface area contributed by atoms with Crippen molar-refractivity contribution < 1.29 is 37.1 Å². The molecule has 0 saturated heterocycles. The van der Waals surface area contributed by atoms with E-state index in [4.69, 9.17) is 14.6 Å². The van der Waals surface area contributed by atoms with Crippen LogP contribution < -0.4 is 9.47 Å². The van der Waals surface area contributed by atoms with Gasteiger partial charge in [0.15, 0.2) is 6.61 Å². The number of alkyl halides is 3. The van der Waals surface area contributed by atoms with Crippen LogP contribution in [0, 0.1) is 13.8 Å². The number of hydrogen-bond donors (Lipinski definition) is 2. The van der Waals surface area contributed by atoms with E-state index in [0.29, 0.717) is 27.5 Å². The molecular weight excluding hydrogens is 469 g/mol. The van der Waals surface area contributed by atoms with Crippen LogP contribution >= 0.6 is 10.3 Å². The van der Waals surface area contributed by atoms with Gasteiger partial charge in [0.05, 0.1) is 5.56 Å². The second-order valence-corrected chi connectivity index (χ2v) is 10.6. The Balaban J connectivity index is 1.73. The lowest BCUT2D eigenvalue weighted by Crippen LogP contribution is -2.10. The third-order valence-electron chi connectivity index (χ3n) is 5.22. The quantitative estimate of drug-likeness (QED) is 0.365. The van der Waals surface area contributed by atoms with Gasteiger partial charge >= 0.3 is 12.1 Å². The van der Waals surface area contributed by atoms with Crippen LogP contribution in [0.2, 0.25) is 0 Å². The van der Waals surface area contributed by atoms with E-state index in [1.54, 1.807) is 49.6 Å². The standard InChI is InChI=1S/C25H25F3O5S/c1-16-13-21(9-10-22(16)33-15-24(29)30)34(3,31)23-11-8-20(12-17(23)2)32-14-18-4-6-19(7-5-18)25(26,27)28/h4-13,31H,14-15H2,1-3H3,(H,29,30). The Bertz CT molecular complexity index is 1170. The topological polar surface area (TPSA) is 76.0 Å². The molecule has 0 heterocycles. The normalized spacial score (nSPS) is 14.2. The molecule has 182 valence electrons. The number of benzene rings is 3. The minimum absolute atomic E-state index is 0.108. The van der Waals surface area contributed by atoms with Gasteiger partial charge in [0.2, 0.25) is 0 Å². The number of ether oxygens (including phenoxy) is 2. The second-order valence-electron chi connectivity index (χ2n) is 7.90. The van der Waals surface area contributed by atoms with Gasteiger partial charge in [-0.1, -0.05) is 22.4 Å². The first-order valence-corrected chi connectivity index (χ1v) is 12.2. The average molecular weight is 495 g/mol. The molecule has 0 spiro atoms. The summed E-state index contributed by atoms with van der Waals surface area (Å²) in [5, 5.41) is 8.78. The fourth-order valence-electron chi connectivity index (χ4n) is 3.41. The van der Waals surface area contributed by atoms with Crippen LogP contribution in [0.25, 0.3) is 0 Å². The summed E-state index contributed by atoms with van der Waals surface area (Å²) >= 11 is 0. The molecule has 34 heavy (non-hydrogen) atoms. The molecule has 0 fully saturated rings. The average Bonchev–Trinajstić information content (AvgIpc) is 2.76. The fourth-order valence-corrected chi connectivity index (χ4v) is 5.42. The first-order chi connectivity index (χ1) is 15.9. The van der Waals surface area contributed by atoms with E-state index in [1.165, 1.54) is 12.1 Å². The summed E-state index contributed by atoms with van der Waals surface area (Å²) in [4.78, 5) is 12.1. The highest BCUT2D eigenvalue weighted by atomic mass is 32.3. The summed E-state index contributed by atoms with van der Waals surface area (Å²) in [6.45, 7) is 3.29. The highest BCUT2D eigenvalue weighted by Gasteiger charge is 2.30. The number of carboxylic acids is 1. The molecule has 0 aliphatic rings. The summed E-state index contributed by atoms with van der Waals surface area (Å²) in [7, 11) is -2.38. The van der Waals surface area contributed by atoms with Crippen LogP contribution in [0.15, 0.2) is 70.5 Å². The van der Waals surface area contributed by atoms with Crippen LogP contribution in [0.1, 0.15) is 22.3 Å². The number of hydrogen-bond acceptors (Lipinski definition) is 4. The van der Waals surface area contributed by atoms with Crippen LogP contribution in [-0.2, 0) is 17.6 Å². The van der Waals surface area contributed by atoms with Crippen molar-refractivity contribution in [2.75, 3.05) is 12.9 Å². The Labute approximate surface area is 197 Å². The van der Waals surface area contributed by atoms with E-state index >= 15 is 0 Å². The Hall–Kier alpha value is -3.17. The lowest BCUT2D eigenvalue weighted by atomic mass is 10.1. The zero-order valence-electron chi connectivity index (χ0n) is 18.8. The predicted octanol–water partition coefficient (Wildman–Crippen LogP) is 6.69. The summed E-state index contributed by atoms with van der Waals surface area (Å²) in [5.41, 5.74) is 1.40. The minimum atomic E-state index is -4.38. The molecule has 0 amide bonds. The summed E-state index contributed by atoms with van der Waals surface area (Å²) in [6, 6.07) is 15.2. The Morgan fingerprint density at radius 3 is 2.18 bits per heavy atom. The maximum atomic E-state index is 12.7. The van der Waals surface area contributed by atoms with Crippen molar-refractivity contribution in [2.24, 2.45) is 0 Å². The highest BCUT2D eigenvalue weighted by molar-refractivity contribution is 8.28. The maximum absolute atomic E-state index is 12.7. The van der Waals surface area contributed by atoms with E-state index in [0.717, 1.165) is 22.6 Å². The highest BCUT2D eigenvalue weighted by Crippen LogP contribution is 2.58. The van der Waals surface area contributed by atoms with Crippen LogP contribution in [-0.4, -0.2) is 28.5 Å². The number of carboxylic acid groups (broad SMARTS) is 1. The molecule has 0 aliphatic carbocycles. The van der Waals surface area contributed by atoms with Gasteiger partial charge in [-0.2, -0.15) is 13.2 Å². The molecule has 0 aromatic heterocycles. The van der Waals surface area contributed by atoms with Gasteiger partial charge in [-0.05, 0) is 85.3 Å². The number of aliphatic carboxylic acids is 1. The lowest BCUT2D eigenvalue weighted by molar-refractivity contribution is -0.139. The fraction of sp³-hybridized carbons (Fsp3) is 0.240. The molecule has 2 N–H and O–H groups in total. The Morgan fingerprint density at radius 2 is 1.62 bits per heavy atom. The third-order valence-corrected chi connectivity index (χ3v) is 7.70. The lowest BCUT2D eigenvalue weighted by Gasteiger charge is -2.32. The van der Waals surface area contributed by atoms with Crippen molar-refractivity contribution >= 4 is 16.3 Å². The SMILES string of the molecule is Cc1cc(S(C)(O)c2ccc(OCc3ccc(C(F)(F)F)cc3)cc2C)ccc1OCC(=O)O. The van der Waals surface area contributed by atoms with Crippen molar-refractivity contribution in [3.8, 4) is 11.5 Å². The molecule has 0 bridgehead atoms. The smallest absolute Gasteiger partial charge is 0.416 e. The van der Waals surface area contributed by atoms with Crippen LogP contribution in [0.3, 0.4) is 0 Å². The summed E-state index contributed by atoms with van der Waals surface area (Å²) < 4.78 is 60.5. The Morgan fingerprint density at radius 1 is 0.941 bits per heavy atom. The van der Waals surface area contributed by atoms with Gasteiger partial charge in [-0.25, -0.2) is 4.79 Å². The number of halogens is 3. The molecule has 1 unspecified atom stereocenters. The molecule has 0 aliphatic heterocycles.